The molecule has 2 N–H and O–H groups in total. The summed E-state index contributed by atoms with van der Waals surface area (Å²) in [6, 6.07) is 1.98. The number of rotatable bonds is 0. The van der Waals surface area contributed by atoms with Gasteiger partial charge in [0.25, 0.3) is 0 Å². The van der Waals surface area contributed by atoms with Gasteiger partial charge in [-0.1, -0.05) is 0 Å². The van der Waals surface area contributed by atoms with Gasteiger partial charge in [-0.05, 0) is 32.4 Å². The molecule has 14 heavy (non-hydrogen) atoms. The van der Waals surface area contributed by atoms with Crippen LogP contribution in [0.2, 0.25) is 0 Å². The third-order valence-corrected chi connectivity index (χ3v) is 2.13. The number of anilines is 1. The molecule has 0 saturated carbocycles. The van der Waals surface area contributed by atoms with E-state index >= 15 is 0 Å². The lowest BCUT2D eigenvalue weighted by atomic mass is 10.1. The lowest BCUT2D eigenvalue weighted by molar-refractivity contribution is 1.06. The third-order valence-electron chi connectivity index (χ3n) is 2.13. The Morgan fingerprint density at radius 1 is 1.07 bits per heavy atom. The predicted molar refractivity (Wildman–Crippen MR) is 56.0 cm³/mol. The molecule has 2 aromatic rings. The van der Waals surface area contributed by atoms with Gasteiger partial charge >= 0.3 is 0 Å². The summed E-state index contributed by atoms with van der Waals surface area (Å²) in [5.74, 6) is 1.17. The smallest absolute Gasteiger partial charge is 0.165 e. The molecule has 72 valence electrons. The molecule has 0 aromatic carbocycles. The minimum Gasteiger partial charge on any atom is -0.383 e. The van der Waals surface area contributed by atoms with Crippen molar-refractivity contribution in [2.45, 2.75) is 20.8 Å². The first kappa shape index (κ1) is 8.87. The van der Waals surface area contributed by atoms with E-state index in [0.29, 0.717) is 17.3 Å². The van der Waals surface area contributed by atoms with Crippen molar-refractivity contribution < 1.29 is 0 Å². The predicted octanol–water partition coefficient (Wildman–Crippen LogP) is 1.53. The van der Waals surface area contributed by atoms with Gasteiger partial charge in [-0.25, -0.2) is 15.0 Å². The van der Waals surface area contributed by atoms with E-state index in [1.54, 1.807) is 0 Å². The number of nitrogens with zero attached hydrogens (tertiary/aromatic N) is 3. The highest BCUT2D eigenvalue weighted by molar-refractivity contribution is 5.88. The van der Waals surface area contributed by atoms with Gasteiger partial charge in [-0.2, -0.15) is 0 Å². The van der Waals surface area contributed by atoms with E-state index in [4.69, 9.17) is 5.73 Å². The van der Waals surface area contributed by atoms with E-state index in [0.717, 1.165) is 16.6 Å². The fourth-order valence-electron chi connectivity index (χ4n) is 1.62. The number of nitrogen functional groups attached to an aromatic ring is 1. The number of nitrogens with two attached hydrogens (primary N) is 1. The quantitative estimate of drug-likeness (QED) is 0.681. The van der Waals surface area contributed by atoms with Crippen molar-refractivity contribution in [2.75, 3.05) is 5.73 Å². The Morgan fingerprint density at radius 3 is 2.50 bits per heavy atom. The maximum atomic E-state index is 5.82. The molecule has 0 aliphatic heterocycles. The lowest BCUT2D eigenvalue weighted by Crippen LogP contribution is -2.01. The zero-order chi connectivity index (χ0) is 10.3. The Hall–Kier alpha value is -1.71. The van der Waals surface area contributed by atoms with Crippen LogP contribution in [0.25, 0.3) is 11.0 Å². The van der Waals surface area contributed by atoms with E-state index in [1.165, 1.54) is 0 Å². The van der Waals surface area contributed by atoms with Crippen molar-refractivity contribution in [3.05, 3.63) is 23.1 Å². The number of hydrogen-bond acceptors (Lipinski definition) is 4. The number of hydrogen-bond donors (Lipinski definition) is 1. The molecule has 0 spiro atoms. The van der Waals surface area contributed by atoms with Crippen LogP contribution in [0.5, 0.6) is 0 Å². The number of aromatic nitrogens is 3. The normalized spacial score (nSPS) is 10.8. The molecule has 2 rings (SSSR count). The Kier molecular flexibility index (Phi) is 1.84. The van der Waals surface area contributed by atoms with Crippen molar-refractivity contribution in [1.29, 1.82) is 0 Å². The summed E-state index contributed by atoms with van der Waals surface area (Å²) in [5, 5.41) is 0.862. The summed E-state index contributed by atoms with van der Waals surface area (Å²) in [7, 11) is 0. The Bertz CT molecular complexity index is 462. The zero-order valence-corrected chi connectivity index (χ0v) is 8.50. The molecule has 2 aromatic heterocycles. The van der Waals surface area contributed by atoms with Gasteiger partial charge in [0.1, 0.15) is 11.6 Å². The van der Waals surface area contributed by atoms with E-state index in [-0.39, 0.29) is 0 Å². The van der Waals surface area contributed by atoms with Crippen LogP contribution < -0.4 is 5.73 Å². The first-order valence-electron chi connectivity index (χ1n) is 4.46. The van der Waals surface area contributed by atoms with Crippen molar-refractivity contribution in [1.82, 2.24) is 15.0 Å². The van der Waals surface area contributed by atoms with Gasteiger partial charge in [0.2, 0.25) is 0 Å². The molecular formula is C10H12N4. The van der Waals surface area contributed by atoms with Crippen molar-refractivity contribution in [2.24, 2.45) is 0 Å². The Balaban J connectivity index is 2.94. The second-order valence-electron chi connectivity index (χ2n) is 3.44. The van der Waals surface area contributed by atoms with Crippen molar-refractivity contribution in [3.63, 3.8) is 0 Å². The summed E-state index contributed by atoms with van der Waals surface area (Å²) in [5.41, 5.74) is 8.53. The SMILES string of the molecule is Cc1cc(C)c2c(N)nc(C)nc2n1. The van der Waals surface area contributed by atoms with Crippen LogP contribution in [-0.4, -0.2) is 15.0 Å². The first-order chi connectivity index (χ1) is 6.58. The topological polar surface area (TPSA) is 64.7 Å². The highest BCUT2D eigenvalue weighted by Gasteiger charge is 2.07. The molecule has 0 radical (unpaired) electrons. The summed E-state index contributed by atoms with van der Waals surface area (Å²) < 4.78 is 0. The molecule has 0 amide bonds. The lowest BCUT2D eigenvalue weighted by Gasteiger charge is -2.05. The molecule has 4 heteroatoms. The van der Waals surface area contributed by atoms with Crippen LogP contribution >= 0.6 is 0 Å². The first-order valence-corrected chi connectivity index (χ1v) is 4.46. The van der Waals surface area contributed by atoms with Gasteiger partial charge in [0.05, 0.1) is 5.39 Å². The molecule has 0 aliphatic rings. The molecule has 0 saturated heterocycles. The monoisotopic (exact) mass is 188 g/mol. The van der Waals surface area contributed by atoms with Gasteiger partial charge in [-0.3, -0.25) is 0 Å². The Labute approximate surface area is 82.2 Å². The number of fused-ring (bicyclic) bond motifs is 1. The maximum Gasteiger partial charge on any atom is 0.165 e. The molecule has 4 nitrogen and oxygen atoms in total. The van der Waals surface area contributed by atoms with Crippen LogP contribution in [0, 0.1) is 20.8 Å². The van der Waals surface area contributed by atoms with Crippen LogP contribution in [0.4, 0.5) is 5.82 Å². The Morgan fingerprint density at radius 2 is 1.79 bits per heavy atom. The van der Waals surface area contributed by atoms with E-state index in [9.17, 15) is 0 Å². The second kappa shape index (κ2) is 2.90. The summed E-state index contributed by atoms with van der Waals surface area (Å²) in [6.07, 6.45) is 0. The van der Waals surface area contributed by atoms with E-state index < -0.39 is 0 Å². The standard InChI is InChI=1S/C10H12N4/c1-5-4-6(2)12-10-8(5)9(11)13-7(3)14-10/h4H,1-3H3,(H2,11,12,13,14). The zero-order valence-electron chi connectivity index (χ0n) is 8.50. The molecular weight excluding hydrogens is 176 g/mol. The molecule has 0 aliphatic carbocycles. The highest BCUT2D eigenvalue weighted by Crippen LogP contribution is 2.20. The average molecular weight is 188 g/mol. The second-order valence-corrected chi connectivity index (χ2v) is 3.44. The summed E-state index contributed by atoms with van der Waals surface area (Å²) in [6.45, 7) is 5.75. The molecule has 2 heterocycles. The van der Waals surface area contributed by atoms with Crippen molar-refractivity contribution in [3.8, 4) is 0 Å². The fraction of sp³-hybridized carbons (Fsp3) is 0.300. The van der Waals surface area contributed by atoms with Gasteiger partial charge in [-0.15, -0.1) is 0 Å². The number of pyridine rings is 1. The van der Waals surface area contributed by atoms with Crippen LogP contribution in [0.3, 0.4) is 0 Å². The van der Waals surface area contributed by atoms with Crippen LogP contribution in [0.15, 0.2) is 6.07 Å². The van der Waals surface area contributed by atoms with Crippen molar-refractivity contribution >= 4 is 16.9 Å². The molecule has 0 bridgehead atoms. The van der Waals surface area contributed by atoms with Gasteiger partial charge in [0.15, 0.2) is 5.65 Å². The van der Waals surface area contributed by atoms with E-state index in [2.05, 4.69) is 15.0 Å². The highest BCUT2D eigenvalue weighted by atomic mass is 15.0. The minimum atomic E-state index is 0.512. The summed E-state index contributed by atoms with van der Waals surface area (Å²) in [4.78, 5) is 12.7. The maximum absolute atomic E-state index is 5.82. The molecule has 0 fully saturated rings. The largest absolute Gasteiger partial charge is 0.383 e. The number of aryl methyl sites for hydroxylation is 3. The van der Waals surface area contributed by atoms with Gasteiger partial charge in [0, 0.05) is 5.69 Å². The van der Waals surface area contributed by atoms with Crippen LogP contribution in [0.1, 0.15) is 17.1 Å². The third kappa shape index (κ3) is 1.28. The molecule has 0 unspecified atom stereocenters. The van der Waals surface area contributed by atoms with Gasteiger partial charge < -0.3 is 5.73 Å². The fourth-order valence-corrected chi connectivity index (χ4v) is 1.62. The van der Waals surface area contributed by atoms with E-state index in [1.807, 2.05) is 26.8 Å². The minimum absolute atomic E-state index is 0.512. The summed E-state index contributed by atoms with van der Waals surface area (Å²) >= 11 is 0. The average Bonchev–Trinajstić information content (AvgIpc) is 1.99. The van der Waals surface area contributed by atoms with Crippen LogP contribution in [-0.2, 0) is 0 Å². The molecule has 0 atom stereocenters.